The molecule has 0 aliphatic carbocycles. The normalized spacial score (nSPS) is 11.5. The van der Waals surface area contributed by atoms with Gasteiger partial charge in [0.2, 0.25) is 10.0 Å². The van der Waals surface area contributed by atoms with Crippen LogP contribution in [-0.4, -0.2) is 26.0 Å². The fraction of sp³-hybridized carbons (Fsp3) is 0.154. The van der Waals surface area contributed by atoms with Gasteiger partial charge in [-0.3, -0.25) is 9.59 Å². The van der Waals surface area contributed by atoms with Crippen molar-refractivity contribution >= 4 is 27.0 Å². The maximum Gasteiger partial charge on any atom is 0.311 e. The molecular formula is C26H23NO7S. The Bertz CT molecular complexity index is 1530. The molecule has 4 rings (SSSR count). The van der Waals surface area contributed by atoms with Crippen LogP contribution in [0.5, 0.6) is 11.5 Å². The first-order chi connectivity index (χ1) is 16.7. The lowest BCUT2D eigenvalue weighted by Gasteiger charge is -2.09. The van der Waals surface area contributed by atoms with Gasteiger partial charge >= 0.3 is 5.97 Å². The third-order valence-corrected chi connectivity index (χ3v) is 6.73. The predicted molar refractivity (Wildman–Crippen MR) is 131 cm³/mol. The Hall–Kier alpha value is -3.95. The molecular weight excluding hydrogens is 470 g/mol. The van der Waals surface area contributed by atoms with Crippen LogP contribution in [0, 0.1) is 6.92 Å². The van der Waals surface area contributed by atoms with Crippen LogP contribution in [0.1, 0.15) is 18.4 Å². The van der Waals surface area contributed by atoms with Crippen LogP contribution < -0.4 is 14.9 Å². The van der Waals surface area contributed by atoms with E-state index in [0.717, 1.165) is 5.56 Å². The minimum atomic E-state index is -3.67. The summed E-state index contributed by atoms with van der Waals surface area (Å²) in [6.45, 7) is 1.91. The van der Waals surface area contributed by atoms with Gasteiger partial charge in [-0.25, -0.2) is 13.1 Å². The molecule has 1 aromatic heterocycles. The Labute approximate surface area is 201 Å². The molecule has 0 radical (unpaired) electrons. The van der Waals surface area contributed by atoms with Crippen molar-refractivity contribution in [3.8, 4) is 22.8 Å². The molecule has 0 saturated carbocycles. The summed E-state index contributed by atoms with van der Waals surface area (Å²) in [7, 11) is -3.67. The van der Waals surface area contributed by atoms with E-state index in [-0.39, 0.29) is 46.8 Å². The molecule has 0 fully saturated rings. The fourth-order valence-corrected chi connectivity index (χ4v) is 4.54. The number of benzene rings is 3. The highest BCUT2D eigenvalue weighted by molar-refractivity contribution is 7.89. The third kappa shape index (κ3) is 5.76. The Balaban J connectivity index is 1.41. The molecule has 35 heavy (non-hydrogen) atoms. The van der Waals surface area contributed by atoms with Crippen molar-refractivity contribution in [1.82, 2.24) is 4.72 Å². The molecule has 0 aliphatic heterocycles. The van der Waals surface area contributed by atoms with Gasteiger partial charge in [0.15, 0.2) is 5.43 Å². The van der Waals surface area contributed by atoms with Crippen LogP contribution in [-0.2, 0) is 14.8 Å². The number of hydrogen-bond donors (Lipinski definition) is 2. The molecule has 3 aromatic carbocycles. The van der Waals surface area contributed by atoms with Crippen LogP contribution in [0.25, 0.3) is 22.3 Å². The van der Waals surface area contributed by atoms with Gasteiger partial charge in [-0.1, -0.05) is 48.0 Å². The first-order valence-electron chi connectivity index (χ1n) is 10.9. The van der Waals surface area contributed by atoms with Gasteiger partial charge in [0.25, 0.3) is 0 Å². The van der Waals surface area contributed by atoms with Crippen LogP contribution in [0.3, 0.4) is 0 Å². The number of fused-ring (bicyclic) bond motifs is 1. The maximum atomic E-state index is 12.5. The quantitative estimate of drug-likeness (QED) is 0.215. The van der Waals surface area contributed by atoms with Crippen LogP contribution in [0.15, 0.2) is 86.9 Å². The zero-order chi connectivity index (χ0) is 25.0. The molecule has 0 amide bonds. The second kappa shape index (κ2) is 10.1. The lowest BCUT2D eigenvalue weighted by molar-refractivity contribution is -0.134. The monoisotopic (exact) mass is 493 g/mol. The van der Waals surface area contributed by atoms with Crippen molar-refractivity contribution in [3.63, 3.8) is 0 Å². The number of rotatable bonds is 8. The average molecular weight is 494 g/mol. The van der Waals surface area contributed by atoms with Gasteiger partial charge in [0.1, 0.15) is 28.2 Å². The summed E-state index contributed by atoms with van der Waals surface area (Å²) in [6, 6.07) is 19.2. The highest BCUT2D eigenvalue weighted by atomic mass is 32.2. The highest BCUT2D eigenvalue weighted by Crippen LogP contribution is 2.31. The summed E-state index contributed by atoms with van der Waals surface area (Å²) in [5.74, 6) is -0.676. The molecule has 0 bridgehead atoms. The van der Waals surface area contributed by atoms with Crippen LogP contribution >= 0.6 is 0 Å². The Kier molecular flexibility index (Phi) is 6.99. The number of carbonyl (C=O) groups is 1. The molecule has 0 unspecified atom stereocenters. The van der Waals surface area contributed by atoms with Crippen molar-refractivity contribution in [2.45, 2.75) is 24.7 Å². The number of phenolic OH excluding ortho intramolecular Hbond substituents is 1. The molecule has 9 heteroatoms. The topological polar surface area (TPSA) is 123 Å². The zero-order valence-electron chi connectivity index (χ0n) is 18.9. The first kappa shape index (κ1) is 24.2. The molecule has 0 saturated heterocycles. The van der Waals surface area contributed by atoms with Gasteiger partial charge < -0.3 is 14.3 Å². The molecule has 4 aromatic rings. The molecule has 0 spiro atoms. The second-order valence-electron chi connectivity index (χ2n) is 7.94. The molecule has 180 valence electrons. The molecule has 8 nitrogen and oxygen atoms in total. The molecule has 2 N–H and O–H groups in total. The summed E-state index contributed by atoms with van der Waals surface area (Å²) >= 11 is 0. The van der Waals surface area contributed by atoms with Gasteiger partial charge in [-0.15, -0.1) is 0 Å². The average Bonchev–Trinajstić information content (AvgIpc) is 2.82. The Morgan fingerprint density at radius 2 is 1.74 bits per heavy atom. The van der Waals surface area contributed by atoms with E-state index in [1.54, 1.807) is 36.4 Å². The zero-order valence-corrected chi connectivity index (χ0v) is 19.7. The highest BCUT2D eigenvalue weighted by Gasteiger charge is 2.16. The van der Waals surface area contributed by atoms with E-state index >= 15 is 0 Å². The van der Waals surface area contributed by atoms with Crippen LogP contribution in [0.2, 0.25) is 0 Å². The number of sulfonamides is 1. The van der Waals surface area contributed by atoms with Crippen molar-refractivity contribution in [2.24, 2.45) is 0 Å². The smallest absolute Gasteiger partial charge is 0.311 e. The molecule has 0 aliphatic rings. The SMILES string of the molecule is Cc1ccc(S(=O)(=O)NCCCC(=O)Oc2cc(O)c3c(=O)cc(-c4ccccc4)oc3c2)cc1. The molecule has 0 atom stereocenters. The maximum absolute atomic E-state index is 12.5. The first-order valence-corrected chi connectivity index (χ1v) is 12.3. The summed E-state index contributed by atoms with van der Waals surface area (Å²) in [4.78, 5) is 24.9. The summed E-state index contributed by atoms with van der Waals surface area (Å²) in [5, 5.41) is 10.3. The van der Waals surface area contributed by atoms with E-state index in [1.165, 1.54) is 30.3 Å². The van der Waals surface area contributed by atoms with Gasteiger partial charge in [-0.2, -0.15) is 0 Å². The second-order valence-corrected chi connectivity index (χ2v) is 9.71. The van der Waals surface area contributed by atoms with Gasteiger partial charge in [-0.05, 0) is 25.5 Å². The third-order valence-electron chi connectivity index (χ3n) is 5.25. The number of nitrogens with one attached hydrogen (secondary N) is 1. The van der Waals surface area contributed by atoms with Gasteiger partial charge in [0, 0.05) is 36.7 Å². The van der Waals surface area contributed by atoms with Crippen LogP contribution in [0.4, 0.5) is 0 Å². The largest absolute Gasteiger partial charge is 0.507 e. The number of esters is 1. The minimum Gasteiger partial charge on any atom is -0.507 e. The number of aromatic hydroxyl groups is 1. The van der Waals surface area contributed by atoms with Crippen molar-refractivity contribution in [2.75, 3.05) is 6.54 Å². The van der Waals surface area contributed by atoms with Crippen molar-refractivity contribution < 1.29 is 27.5 Å². The summed E-state index contributed by atoms with van der Waals surface area (Å²) < 4.78 is 38.1. The number of hydrogen-bond acceptors (Lipinski definition) is 7. The lowest BCUT2D eigenvalue weighted by Crippen LogP contribution is -2.25. The van der Waals surface area contributed by atoms with Crippen molar-refractivity contribution in [3.05, 3.63) is 88.6 Å². The van der Waals surface area contributed by atoms with E-state index in [2.05, 4.69) is 4.72 Å². The van der Waals surface area contributed by atoms with E-state index in [0.29, 0.717) is 11.3 Å². The van der Waals surface area contributed by atoms with E-state index in [4.69, 9.17) is 9.15 Å². The van der Waals surface area contributed by atoms with E-state index in [1.807, 2.05) is 13.0 Å². The predicted octanol–water partition coefficient (Wildman–Crippen LogP) is 4.14. The fourth-order valence-electron chi connectivity index (χ4n) is 3.47. The number of ether oxygens (including phenoxy) is 1. The van der Waals surface area contributed by atoms with E-state index in [9.17, 15) is 23.1 Å². The number of phenols is 1. The Morgan fingerprint density at radius 3 is 2.46 bits per heavy atom. The lowest BCUT2D eigenvalue weighted by atomic mass is 10.1. The standard InChI is InChI=1S/C26H23NO7S/c1-17-9-11-20(12-10-17)35(31,32)27-13-5-8-25(30)33-19-14-21(28)26-22(29)16-23(34-24(26)15-19)18-6-3-2-4-7-18/h2-4,6-7,9-12,14-16,27-28H,5,8,13H2,1H3. The number of carbonyl (C=O) groups excluding carboxylic acids is 1. The Morgan fingerprint density at radius 1 is 1.03 bits per heavy atom. The number of aryl methyl sites for hydroxylation is 1. The summed E-state index contributed by atoms with van der Waals surface area (Å²) in [6.07, 6.45) is 0.139. The minimum absolute atomic E-state index is 0.00796. The molecule has 1 heterocycles. The van der Waals surface area contributed by atoms with Gasteiger partial charge in [0.05, 0.1) is 4.90 Å². The van der Waals surface area contributed by atoms with Crippen molar-refractivity contribution in [1.29, 1.82) is 0 Å². The van der Waals surface area contributed by atoms with E-state index < -0.39 is 21.4 Å². The summed E-state index contributed by atoms with van der Waals surface area (Å²) in [5.41, 5.74) is 1.27.